The first-order valence-electron chi connectivity index (χ1n) is 3.88. The van der Waals surface area contributed by atoms with Crippen LogP contribution in [0.5, 0.6) is 0 Å². The normalized spacial score (nSPS) is 12.4. The monoisotopic (exact) mass is 341 g/mol. The fourth-order valence-corrected chi connectivity index (χ4v) is 1.13. The summed E-state index contributed by atoms with van der Waals surface area (Å²) in [4.78, 5) is 10.6. The number of rotatable bonds is 5. The summed E-state index contributed by atoms with van der Waals surface area (Å²) in [7, 11) is 2.18. The maximum Gasteiger partial charge on any atom is 0.151 e. The molecule has 0 aliphatic heterocycles. The first kappa shape index (κ1) is 20.7. The summed E-state index contributed by atoms with van der Waals surface area (Å²) in [6.07, 6.45) is 2.70. The van der Waals surface area contributed by atoms with Gasteiger partial charge in [0.25, 0.3) is 0 Å². The fraction of sp³-hybridized carbons (Fsp3) is 0.625. The van der Waals surface area contributed by atoms with Gasteiger partial charge in [0.05, 0.1) is 6.10 Å². The van der Waals surface area contributed by atoms with Crippen molar-refractivity contribution < 1.29 is 61.5 Å². The predicted octanol–water partition coefficient (Wildman–Crippen LogP) is 2.48. The summed E-state index contributed by atoms with van der Waals surface area (Å²) in [6, 6.07) is 0. The molecule has 0 spiro atoms. The Kier molecular flexibility index (Phi) is 18.3. The predicted molar refractivity (Wildman–Crippen MR) is 52.6 cm³/mol. The SMILES string of the molecule is CC[C@H](C/C([NH-])=C/C(C)=O)OP.[Y].[Zn]. The van der Waals surface area contributed by atoms with Gasteiger partial charge in [0, 0.05) is 61.7 Å². The molecule has 2 atom stereocenters. The van der Waals surface area contributed by atoms with E-state index in [4.69, 9.17) is 10.3 Å². The molecule has 0 aliphatic rings. The van der Waals surface area contributed by atoms with Gasteiger partial charge in [-0.15, -0.1) is 0 Å². The van der Waals surface area contributed by atoms with Gasteiger partial charge in [-0.3, -0.25) is 4.79 Å². The second kappa shape index (κ2) is 12.4. The minimum Gasteiger partial charge on any atom is -0.702 e. The Morgan fingerprint density at radius 3 is 2.43 bits per heavy atom. The summed E-state index contributed by atoms with van der Waals surface area (Å²) >= 11 is 0. The number of hydrogen-bond acceptors (Lipinski definition) is 2. The first-order chi connectivity index (χ1) is 5.60. The molecule has 1 radical (unpaired) electrons. The minimum absolute atomic E-state index is 0. The van der Waals surface area contributed by atoms with Crippen LogP contribution >= 0.6 is 9.47 Å². The van der Waals surface area contributed by atoms with Crippen LogP contribution in [0.25, 0.3) is 5.73 Å². The van der Waals surface area contributed by atoms with Crippen molar-refractivity contribution in [2.24, 2.45) is 0 Å². The molecule has 0 rings (SSSR count). The van der Waals surface area contributed by atoms with E-state index in [2.05, 4.69) is 9.47 Å². The quantitative estimate of drug-likeness (QED) is 0.438. The van der Waals surface area contributed by atoms with E-state index in [1.165, 1.54) is 13.0 Å². The molecule has 0 aromatic heterocycles. The van der Waals surface area contributed by atoms with Crippen LogP contribution in [-0.2, 0) is 61.5 Å². The molecule has 0 saturated carbocycles. The molecule has 75 valence electrons. The molecule has 0 aromatic carbocycles. The number of allylic oxidation sites excluding steroid dienone is 1. The number of carbonyl (C=O) groups excluding carboxylic acids is 1. The Labute approximate surface area is 126 Å². The molecule has 0 aliphatic carbocycles. The minimum atomic E-state index is -0.0846. The zero-order valence-electron chi connectivity index (χ0n) is 8.75. The van der Waals surface area contributed by atoms with Crippen molar-refractivity contribution in [2.75, 3.05) is 0 Å². The van der Waals surface area contributed by atoms with Gasteiger partial charge in [0.1, 0.15) is 0 Å². The summed E-state index contributed by atoms with van der Waals surface area (Å²) in [6.45, 7) is 3.42. The maximum atomic E-state index is 10.6. The smallest absolute Gasteiger partial charge is 0.151 e. The maximum absolute atomic E-state index is 10.6. The number of nitrogens with one attached hydrogen (secondary N) is 1. The van der Waals surface area contributed by atoms with Gasteiger partial charge in [-0.2, -0.15) is 5.70 Å². The van der Waals surface area contributed by atoms with E-state index in [9.17, 15) is 4.79 Å². The van der Waals surface area contributed by atoms with Gasteiger partial charge < -0.3 is 10.3 Å². The molecule has 6 heteroatoms. The van der Waals surface area contributed by atoms with Crippen molar-refractivity contribution in [1.82, 2.24) is 0 Å². The molecule has 0 bridgehead atoms. The molecule has 3 nitrogen and oxygen atoms in total. The van der Waals surface area contributed by atoms with Crippen LogP contribution in [-0.4, -0.2) is 11.9 Å². The molecule has 0 aromatic rings. The van der Waals surface area contributed by atoms with E-state index in [0.717, 1.165) is 6.42 Å². The zero-order chi connectivity index (χ0) is 9.56. The van der Waals surface area contributed by atoms with E-state index in [1.54, 1.807) is 0 Å². The second-order valence-corrected chi connectivity index (χ2v) is 2.92. The number of hydrogen-bond donors (Lipinski definition) is 0. The van der Waals surface area contributed by atoms with Gasteiger partial charge >= 0.3 is 0 Å². The summed E-state index contributed by atoms with van der Waals surface area (Å²) in [5.41, 5.74) is 7.72. The van der Waals surface area contributed by atoms with Crippen molar-refractivity contribution in [3.05, 3.63) is 17.5 Å². The summed E-state index contributed by atoms with van der Waals surface area (Å²) in [5, 5.41) is 0. The van der Waals surface area contributed by atoms with Crippen molar-refractivity contribution in [3.63, 3.8) is 0 Å². The van der Waals surface area contributed by atoms with Gasteiger partial charge in [-0.1, -0.05) is 6.92 Å². The molecular formula is C8H15NO2PYZn-. The van der Waals surface area contributed by atoms with E-state index in [1.807, 2.05) is 6.92 Å². The largest absolute Gasteiger partial charge is 0.702 e. The topological polar surface area (TPSA) is 50.1 Å². The van der Waals surface area contributed by atoms with E-state index >= 15 is 0 Å². The fourth-order valence-electron chi connectivity index (χ4n) is 0.838. The molecular weight excluding hydrogens is 327 g/mol. The Balaban J connectivity index is -0.000000605. The van der Waals surface area contributed by atoms with Gasteiger partial charge in [0.15, 0.2) is 5.78 Å². The first-order valence-corrected chi connectivity index (χ1v) is 4.35. The Morgan fingerprint density at radius 1 is 1.64 bits per heavy atom. The second-order valence-electron chi connectivity index (χ2n) is 2.65. The third-order valence-corrected chi connectivity index (χ3v) is 1.86. The average molecular weight is 342 g/mol. The number of ketones is 1. The van der Waals surface area contributed by atoms with Gasteiger partial charge in [-0.05, 0) is 25.8 Å². The molecule has 0 heterocycles. The van der Waals surface area contributed by atoms with Crippen molar-refractivity contribution in [3.8, 4) is 0 Å². The van der Waals surface area contributed by atoms with Gasteiger partial charge in [0.2, 0.25) is 0 Å². The van der Waals surface area contributed by atoms with Crippen LogP contribution in [0.4, 0.5) is 0 Å². The van der Waals surface area contributed by atoms with Crippen molar-refractivity contribution in [1.29, 1.82) is 0 Å². The van der Waals surface area contributed by atoms with Crippen molar-refractivity contribution in [2.45, 2.75) is 32.8 Å². The van der Waals surface area contributed by atoms with Crippen LogP contribution in [0.1, 0.15) is 26.7 Å². The molecule has 1 unspecified atom stereocenters. The zero-order valence-corrected chi connectivity index (χ0v) is 15.7. The summed E-state index contributed by atoms with van der Waals surface area (Å²) in [5.74, 6) is -0.0846. The average Bonchev–Trinajstić information content (AvgIpc) is 1.98. The third kappa shape index (κ3) is 11.4. The van der Waals surface area contributed by atoms with Crippen LogP contribution in [0, 0.1) is 0 Å². The van der Waals surface area contributed by atoms with Crippen LogP contribution < -0.4 is 0 Å². The van der Waals surface area contributed by atoms with Crippen LogP contribution in [0.3, 0.4) is 0 Å². The van der Waals surface area contributed by atoms with E-state index in [-0.39, 0.29) is 64.1 Å². The molecule has 0 fully saturated rings. The Bertz CT molecular complexity index is 186. The van der Waals surface area contributed by atoms with E-state index in [0.29, 0.717) is 12.1 Å². The standard InChI is InChI=1S/C8H16NO2P.Y.Zn/c1-3-8(11-12)5-7(9)4-6(2)10;;/h4,8H,3,5,12H2,1-2H3,(H2,9,10);;/p-1/t8-;;/m1../s1. The Morgan fingerprint density at radius 2 is 2.14 bits per heavy atom. The Hall–Kier alpha value is 1.33. The molecule has 1 N–H and O–H groups in total. The van der Waals surface area contributed by atoms with Crippen LogP contribution in [0.15, 0.2) is 11.8 Å². The molecule has 0 amide bonds. The third-order valence-electron chi connectivity index (χ3n) is 1.47. The van der Waals surface area contributed by atoms with E-state index < -0.39 is 0 Å². The van der Waals surface area contributed by atoms with Crippen molar-refractivity contribution >= 4 is 15.2 Å². The summed E-state index contributed by atoms with van der Waals surface area (Å²) < 4.78 is 5.00. The molecule has 0 saturated heterocycles. The van der Waals surface area contributed by atoms with Gasteiger partial charge in [-0.25, -0.2) is 0 Å². The number of carbonyl (C=O) groups is 1. The molecule has 14 heavy (non-hydrogen) atoms. The van der Waals surface area contributed by atoms with Crippen LogP contribution in [0.2, 0.25) is 0 Å².